The van der Waals surface area contributed by atoms with Gasteiger partial charge in [0, 0.05) is 5.41 Å². The first-order valence-corrected chi connectivity index (χ1v) is 17.5. The summed E-state index contributed by atoms with van der Waals surface area (Å²) >= 11 is 0. The summed E-state index contributed by atoms with van der Waals surface area (Å²) < 4.78 is 17.0. The number of carbonyl (C=O) groups excluding carboxylic acids is 1. The first-order valence-electron chi connectivity index (χ1n) is 17.5. The summed E-state index contributed by atoms with van der Waals surface area (Å²) in [5.74, 6) is -1.29. The minimum absolute atomic E-state index is 0.0553. The van der Waals surface area contributed by atoms with Gasteiger partial charge in [0.05, 0.1) is 43.4 Å². The number of hydrogen-bond donors (Lipinski definition) is 6. The lowest BCUT2D eigenvalue weighted by molar-refractivity contribution is -0.328. The van der Waals surface area contributed by atoms with Gasteiger partial charge in [-0.1, -0.05) is 39.3 Å². The summed E-state index contributed by atoms with van der Waals surface area (Å²) in [7, 11) is 1.40. The largest absolute Gasteiger partial charge is 0.481 e. The fourth-order valence-corrected chi connectivity index (χ4v) is 12.3. The van der Waals surface area contributed by atoms with E-state index in [2.05, 4.69) is 26.8 Å². The van der Waals surface area contributed by atoms with Crippen molar-refractivity contribution in [3.8, 4) is 0 Å². The number of methoxy groups -OCH3 is 1. The molecule has 0 aromatic rings. The maximum absolute atomic E-state index is 13.1. The number of carboxylic acid groups (broad SMARTS) is 1. The predicted octanol–water partition coefficient (Wildman–Crippen LogP) is 2.79. The maximum atomic E-state index is 13.1. The molecule has 1 aliphatic heterocycles. The molecule has 0 bridgehead atoms. The van der Waals surface area contributed by atoms with Crippen molar-refractivity contribution in [3.05, 3.63) is 11.6 Å². The molecule has 266 valence electrons. The summed E-state index contributed by atoms with van der Waals surface area (Å²) in [5, 5.41) is 64.3. The molecular formula is C36H56O11. The Balaban J connectivity index is 1.35. The quantitative estimate of drug-likeness (QED) is 0.144. The number of fused-ring (bicyclic) bond motifs is 7. The van der Waals surface area contributed by atoms with Gasteiger partial charge in [0.25, 0.3) is 0 Å². The molecule has 4 saturated carbocycles. The van der Waals surface area contributed by atoms with E-state index in [1.165, 1.54) is 7.11 Å². The molecule has 11 heteroatoms. The number of carbonyl (C=O) groups is 2. The molecule has 6 aliphatic rings. The van der Waals surface area contributed by atoms with Crippen molar-refractivity contribution >= 4 is 11.9 Å². The van der Waals surface area contributed by atoms with Crippen LogP contribution in [0.4, 0.5) is 0 Å². The van der Waals surface area contributed by atoms with Crippen LogP contribution in [0, 0.1) is 50.2 Å². The third kappa shape index (κ3) is 4.69. The lowest BCUT2D eigenvalue weighted by Crippen LogP contribution is -2.69. The molecule has 5 aliphatic carbocycles. The molecule has 0 aromatic heterocycles. The van der Waals surface area contributed by atoms with E-state index in [0.717, 1.165) is 24.8 Å². The summed E-state index contributed by atoms with van der Waals surface area (Å²) in [6, 6.07) is 0. The number of esters is 1. The molecule has 0 spiro atoms. The Labute approximate surface area is 277 Å². The van der Waals surface area contributed by atoms with Crippen molar-refractivity contribution in [3.63, 3.8) is 0 Å². The summed E-state index contributed by atoms with van der Waals surface area (Å²) in [6.45, 7) is 10.2. The van der Waals surface area contributed by atoms with E-state index in [-0.39, 0.29) is 47.8 Å². The first-order chi connectivity index (χ1) is 21.9. The highest BCUT2D eigenvalue weighted by Crippen LogP contribution is 2.76. The highest BCUT2D eigenvalue weighted by Gasteiger charge is 2.71. The molecule has 6 rings (SSSR count). The van der Waals surface area contributed by atoms with Crippen LogP contribution < -0.4 is 0 Å². The fourth-order valence-electron chi connectivity index (χ4n) is 12.3. The number of aliphatic hydroxyl groups excluding tert-OH is 5. The van der Waals surface area contributed by atoms with E-state index < -0.39 is 64.4 Å². The zero-order valence-corrected chi connectivity index (χ0v) is 28.8. The Bertz CT molecular complexity index is 1300. The van der Waals surface area contributed by atoms with Crippen LogP contribution in [0.25, 0.3) is 0 Å². The van der Waals surface area contributed by atoms with Crippen molar-refractivity contribution in [1.82, 2.24) is 0 Å². The normalized spacial score (nSPS) is 54.2. The highest BCUT2D eigenvalue weighted by molar-refractivity contribution is 5.80. The third-order valence-electron chi connectivity index (χ3n) is 15.3. The molecule has 0 radical (unpaired) electrons. The summed E-state index contributed by atoms with van der Waals surface area (Å²) in [5.41, 5.74) is -2.39. The third-order valence-corrected chi connectivity index (χ3v) is 15.3. The minimum atomic E-state index is -1.51. The predicted molar refractivity (Wildman–Crippen MR) is 168 cm³/mol. The zero-order chi connectivity index (χ0) is 34.5. The van der Waals surface area contributed by atoms with Gasteiger partial charge in [-0.05, 0) is 98.7 Å². The van der Waals surface area contributed by atoms with Crippen molar-refractivity contribution in [2.45, 2.75) is 129 Å². The number of hydrogen-bond acceptors (Lipinski definition) is 10. The van der Waals surface area contributed by atoms with Crippen LogP contribution in [0.2, 0.25) is 0 Å². The number of aliphatic carboxylic acids is 1. The van der Waals surface area contributed by atoms with Crippen LogP contribution >= 0.6 is 0 Å². The van der Waals surface area contributed by atoms with Crippen LogP contribution in [0.5, 0.6) is 0 Å². The number of allylic oxidation sites excluding steroid dienone is 2. The SMILES string of the molecule is COC(=O)[C@]1(C)CC[C@]2(C(=O)O)CC[C@]3(C)C(=CC[C@@H]4[C@]5(C)C[C@H](O)[C@H](O[C@@H]6OC[C@H](O)[C@H](O)[C@@H]6O)[C@](C)(CO)[C@@H]5CC[C@]43C)[C@H]2C1. The van der Waals surface area contributed by atoms with Gasteiger partial charge in [0.1, 0.15) is 18.3 Å². The molecule has 47 heavy (non-hydrogen) atoms. The standard InChI is InChI=1S/C36H56O11/c1-31(30(44)45-6)11-13-36(29(42)43)14-12-34(4)19(20(36)15-31)7-8-24-32(2)16-21(38)27(47-28-26(41)25(40)22(39)17-46-28)33(3,18-37)23(32)9-10-35(24,34)5/h7,20-28,37-41H,8-18H2,1-6H3,(H,42,43)/t20-,21+,22+,23-,24-,25+,26+,27+,28+,31-,32-,33-,34-,35-,36+/m1/s1. The van der Waals surface area contributed by atoms with E-state index in [9.17, 15) is 40.2 Å². The van der Waals surface area contributed by atoms with Crippen LogP contribution in [0.1, 0.15) is 92.4 Å². The second-order valence-corrected chi connectivity index (χ2v) is 17.3. The monoisotopic (exact) mass is 664 g/mol. The Morgan fingerprint density at radius 3 is 2.23 bits per heavy atom. The molecular weight excluding hydrogens is 608 g/mol. The summed E-state index contributed by atoms with van der Waals surface area (Å²) in [4.78, 5) is 26.1. The van der Waals surface area contributed by atoms with Gasteiger partial charge in [-0.15, -0.1) is 0 Å². The number of aliphatic hydroxyl groups is 5. The molecule has 0 unspecified atom stereocenters. The Hall–Kier alpha value is -1.60. The van der Waals surface area contributed by atoms with Gasteiger partial charge in [-0.3, -0.25) is 9.59 Å². The molecule has 1 heterocycles. The molecule has 1 saturated heterocycles. The van der Waals surface area contributed by atoms with Gasteiger partial charge >= 0.3 is 11.9 Å². The highest BCUT2D eigenvalue weighted by atomic mass is 16.7. The van der Waals surface area contributed by atoms with Crippen molar-refractivity contribution < 1.29 is 54.4 Å². The summed E-state index contributed by atoms with van der Waals surface area (Å²) in [6.07, 6.45) is 0.204. The molecule has 0 amide bonds. The van der Waals surface area contributed by atoms with Gasteiger partial charge in [-0.2, -0.15) is 0 Å². The lowest BCUT2D eigenvalue weighted by Gasteiger charge is -2.71. The molecule has 11 nitrogen and oxygen atoms in total. The lowest BCUT2D eigenvalue weighted by atomic mass is 9.33. The molecule has 15 atom stereocenters. The molecule has 0 aromatic carbocycles. The van der Waals surface area contributed by atoms with Gasteiger partial charge in [-0.25, -0.2) is 0 Å². The van der Waals surface area contributed by atoms with Crippen molar-refractivity contribution in [1.29, 1.82) is 0 Å². The van der Waals surface area contributed by atoms with Gasteiger partial charge in [0.15, 0.2) is 6.29 Å². The fraction of sp³-hybridized carbons (Fsp3) is 0.889. The van der Waals surface area contributed by atoms with Crippen molar-refractivity contribution in [2.24, 2.45) is 50.2 Å². The topological polar surface area (TPSA) is 183 Å². The average molecular weight is 665 g/mol. The zero-order valence-electron chi connectivity index (χ0n) is 28.8. The van der Waals surface area contributed by atoms with E-state index in [4.69, 9.17) is 14.2 Å². The number of rotatable bonds is 5. The number of ether oxygens (including phenoxy) is 3. The van der Waals surface area contributed by atoms with E-state index in [0.29, 0.717) is 38.5 Å². The second-order valence-electron chi connectivity index (χ2n) is 17.3. The van der Waals surface area contributed by atoms with E-state index in [1.807, 2.05) is 13.8 Å². The molecule has 6 N–H and O–H groups in total. The Morgan fingerprint density at radius 1 is 0.915 bits per heavy atom. The number of carboxylic acids is 1. The van der Waals surface area contributed by atoms with Crippen molar-refractivity contribution in [2.75, 3.05) is 20.3 Å². The van der Waals surface area contributed by atoms with Crippen LogP contribution in [-0.2, 0) is 23.8 Å². The van der Waals surface area contributed by atoms with Gasteiger partial charge < -0.3 is 44.8 Å². The second kappa shape index (κ2) is 11.5. The Morgan fingerprint density at radius 2 is 1.60 bits per heavy atom. The smallest absolute Gasteiger partial charge is 0.311 e. The first kappa shape index (κ1) is 35.2. The van der Waals surface area contributed by atoms with Crippen LogP contribution in [0.3, 0.4) is 0 Å². The van der Waals surface area contributed by atoms with E-state index in [1.54, 1.807) is 0 Å². The Kier molecular flexibility index (Phi) is 8.60. The van der Waals surface area contributed by atoms with Crippen LogP contribution in [-0.4, -0.2) is 99.7 Å². The maximum Gasteiger partial charge on any atom is 0.311 e. The van der Waals surface area contributed by atoms with E-state index >= 15 is 0 Å². The van der Waals surface area contributed by atoms with Crippen LogP contribution in [0.15, 0.2) is 11.6 Å². The molecule has 5 fully saturated rings. The minimum Gasteiger partial charge on any atom is -0.481 e. The van der Waals surface area contributed by atoms with Gasteiger partial charge in [0.2, 0.25) is 0 Å². The average Bonchev–Trinajstić information content (AvgIpc) is 3.02.